The van der Waals surface area contributed by atoms with Crippen LogP contribution in [0.5, 0.6) is 17.4 Å². The summed E-state index contributed by atoms with van der Waals surface area (Å²) < 4.78 is 19.5. The van der Waals surface area contributed by atoms with E-state index in [2.05, 4.69) is 20.6 Å². The Morgan fingerprint density at radius 1 is 1.31 bits per heavy atom. The zero-order valence-electron chi connectivity index (χ0n) is 16.2. The number of methoxy groups -OCH3 is 1. The average Bonchev–Trinajstić information content (AvgIpc) is 3.42. The summed E-state index contributed by atoms with van der Waals surface area (Å²) in [7, 11) is 3.38. The molecule has 1 amide bonds. The number of aryl methyl sites for hydroxylation is 1. The lowest BCUT2D eigenvalue weighted by Gasteiger charge is -2.08. The van der Waals surface area contributed by atoms with E-state index in [0.717, 1.165) is 5.56 Å². The number of ether oxygens (including phenoxy) is 3. The number of hydrogen-bond acceptors (Lipinski definition) is 8. The highest BCUT2D eigenvalue weighted by Crippen LogP contribution is 2.34. The monoisotopic (exact) mass is 416 g/mol. The molecule has 2 aromatic heterocycles. The van der Waals surface area contributed by atoms with Crippen LogP contribution in [-0.2, 0) is 18.4 Å². The van der Waals surface area contributed by atoms with Crippen molar-refractivity contribution >= 4 is 23.4 Å². The third-order valence-electron chi connectivity index (χ3n) is 4.25. The molecule has 1 aromatic carbocycles. The molecule has 0 bridgehead atoms. The predicted molar refractivity (Wildman–Crippen MR) is 106 cm³/mol. The maximum absolute atomic E-state index is 12.4. The van der Waals surface area contributed by atoms with Crippen LogP contribution in [0.15, 0.2) is 29.6 Å². The largest absolute Gasteiger partial charge is 0.479 e. The number of carbonyl (C=O) groups excluding carboxylic acids is 1. The minimum absolute atomic E-state index is 0.153. The molecule has 1 aliphatic rings. The molecule has 4 rings (SSSR count). The van der Waals surface area contributed by atoms with Crippen molar-refractivity contribution in [3.05, 3.63) is 24.4 Å². The maximum atomic E-state index is 12.4. The summed E-state index contributed by atoms with van der Waals surface area (Å²) in [6.45, 7) is 2.83. The molecule has 0 radical (unpaired) electrons. The summed E-state index contributed by atoms with van der Waals surface area (Å²) in [5.41, 5.74) is 1.40. The van der Waals surface area contributed by atoms with E-state index in [1.54, 1.807) is 30.0 Å². The molecule has 0 saturated carbocycles. The lowest BCUT2D eigenvalue weighted by Crippen LogP contribution is -2.14. The molecule has 3 aromatic rings. The van der Waals surface area contributed by atoms with Crippen molar-refractivity contribution in [2.75, 3.05) is 25.0 Å². The summed E-state index contributed by atoms with van der Waals surface area (Å²) in [6.07, 6.45) is 1.83. The van der Waals surface area contributed by atoms with E-state index in [9.17, 15) is 4.79 Å². The number of hydrogen-bond donors (Lipinski definition) is 1. The molecule has 0 fully saturated rings. The number of benzene rings is 1. The first-order chi connectivity index (χ1) is 14.1. The Bertz CT molecular complexity index is 1050. The van der Waals surface area contributed by atoms with Crippen LogP contribution in [0.25, 0.3) is 11.4 Å². The van der Waals surface area contributed by atoms with Gasteiger partial charge in [-0.15, -0.1) is 15.3 Å². The molecule has 0 unspecified atom stereocenters. The van der Waals surface area contributed by atoms with E-state index in [1.165, 1.54) is 11.8 Å². The molecular weight excluding hydrogens is 396 g/mol. The van der Waals surface area contributed by atoms with Crippen LogP contribution in [0.1, 0.15) is 6.92 Å². The van der Waals surface area contributed by atoms with Gasteiger partial charge in [0.15, 0.2) is 22.5 Å². The summed E-state index contributed by atoms with van der Waals surface area (Å²) >= 11 is 1.31. The van der Waals surface area contributed by atoms with Gasteiger partial charge >= 0.3 is 0 Å². The highest BCUT2D eigenvalue weighted by atomic mass is 32.2. The first-order valence-corrected chi connectivity index (χ1v) is 9.91. The SMILES string of the molecule is CCn1c(SCC(=O)Nc2ccc3c(c2)OCO3)nnc1-c1cn(C)nc1OC. The van der Waals surface area contributed by atoms with Gasteiger partial charge in [-0.25, -0.2) is 0 Å². The van der Waals surface area contributed by atoms with Crippen LogP contribution in [0.3, 0.4) is 0 Å². The number of nitrogens with one attached hydrogen (secondary N) is 1. The fourth-order valence-corrected chi connectivity index (χ4v) is 3.76. The van der Waals surface area contributed by atoms with Crippen molar-refractivity contribution in [3.8, 4) is 28.8 Å². The van der Waals surface area contributed by atoms with E-state index in [0.29, 0.717) is 40.6 Å². The molecule has 0 aliphatic carbocycles. The number of rotatable bonds is 7. The van der Waals surface area contributed by atoms with Gasteiger partial charge in [0.05, 0.1) is 12.9 Å². The van der Waals surface area contributed by atoms with Gasteiger partial charge in [0, 0.05) is 31.5 Å². The summed E-state index contributed by atoms with van der Waals surface area (Å²) in [4.78, 5) is 12.4. The number of amides is 1. The smallest absolute Gasteiger partial charge is 0.243 e. The first kappa shape index (κ1) is 19.1. The van der Waals surface area contributed by atoms with Crippen molar-refractivity contribution in [2.24, 2.45) is 7.05 Å². The van der Waals surface area contributed by atoms with Crippen molar-refractivity contribution < 1.29 is 19.0 Å². The van der Waals surface area contributed by atoms with Crippen LogP contribution in [-0.4, -0.2) is 50.1 Å². The molecular formula is C18H20N6O4S. The topological polar surface area (TPSA) is 105 Å². The Hall–Kier alpha value is -3.21. The molecule has 0 spiro atoms. The average molecular weight is 416 g/mol. The van der Waals surface area contributed by atoms with Gasteiger partial charge in [-0.3, -0.25) is 9.48 Å². The Morgan fingerprint density at radius 2 is 2.14 bits per heavy atom. The summed E-state index contributed by atoms with van der Waals surface area (Å²) in [5.74, 6) is 2.46. The van der Waals surface area contributed by atoms with Crippen molar-refractivity contribution in [1.82, 2.24) is 24.5 Å². The van der Waals surface area contributed by atoms with Crippen LogP contribution in [0.2, 0.25) is 0 Å². The Kier molecular flexibility index (Phi) is 5.30. The van der Waals surface area contributed by atoms with E-state index < -0.39 is 0 Å². The predicted octanol–water partition coefficient (Wildman–Crippen LogP) is 2.17. The zero-order valence-corrected chi connectivity index (χ0v) is 17.0. The van der Waals surface area contributed by atoms with Crippen molar-refractivity contribution in [3.63, 3.8) is 0 Å². The van der Waals surface area contributed by atoms with Crippen LogP contribution in [0, 0.1) is 0 Å². The van der Waals surface area contributed by atoms with Crippen molar-refractivity contribution in [1.29, 1.82) is 0 Å². The van der Waals surface area contributed by atoms with Gasteiger partial charge in [0.25, 0.3) is 0 Å². The highest BCUT2D eigenvalue weighted by Gasteiger charge is 2.20. The van der Waals surface area contributed by atoms with E-state index >= 15 is 0 Å². The van der Waals surface area contributed by atoms with Gasteiger partial charge in [0.2, 0.25) is 18.6 Å². The lowest BCUT2D eigenvalue weighted by molar-refractivity contribution is -0.113. The Labute approximate surface area is 171 Å². The number of aromatic nitrogens is 5. The third kappa shape index (κ3) is 3.86. The normalized spacial score (nSPS) is 12.2. The van der Waals surface area contributed by atoms with E-state index in [4.69, 9.17) is 14.2 Å². The molecule has 3 heterocycles. The second-order valence-electron chi connectivity index (χ2n) is 6.18. The third-order valence-corrected chi connectivity index (χ3v) is 5.22. The van der Waals surface area contributed by atoms with Crippen LogP contribution < -0.4 is 19.5 Å². The minimum Gasteiger partial charge on any atom is -0.479 e. The molecule has 1 N–H and O–H groups in total. The van der Waals surface area contributed by atoms with E-state index in [1.807, 2.05) is 24.7 Å². The second kappa shape index (κ2) is 8.03. The van der Waals surface area contributed by atoms with E-state index in [-0.39, 0.29) is 18.5 Å². The second-order valence-corrected chi connectivity index (χ2v) is 7.12. The molecule has 11 heteroatoms. The van der Waals surface area contributed by atoms with Gasteiger partial charge in [-0.2, -0.15) is 0 Å². The minimum atomic E-state index is -0.153. The Balaban J connectivity index is 1.44. The highest BCUT2D eigenvalue weighted by molar-refractivity contribution is 7.99. The number of carbonyl (C=O) groups is 1. The quantitative estimate of drug-likeness (QED) is 0.584. The molecule has 1 aliphatic heterocycles. The maximum Gasteiger partial charge on any atom is 0.243 e. The zero-order chi connectivity index (χ0) is 20.4. The number of thioether (sulfide) groups is 1. The lowest BCUT2D eigenvalue weighted by atomic mass is 10.3. The molecule has 0 atom stereocenters. The Morgan fingerprint density at radius 3 is 2.93 bits per heavy atom. The van der Waals surface area contributed by atoms with Gasteiger partial charge in [0.1, 0.15) is 5.56 Å². The molecule has 152 valence electrons. The molecule has 29 heavy (non-hydrogen) atoms. The summed E-state index contributed by atoms with van der Waals surface area (Å²) in [6, 6.07) is 5.29. The summed E-state index contributed by atoms with van der Waals surface area (Å²) in [5, 5.41) is 16.3. The van der Waals surface area contributed by atoms with Gasteiger partial charge in [-0.05, 0) is 19.1 Å². The number of anilines is 1. The fraction of sp³-hybridized carbons (Fsp3) is 0.333. The first-order valence-electron chi connectivity index (χ1n) is 8.92. The van der Waals surface area contributed by atoms with Crippen LogP contribution >= 0.6 is 11.8 Å². The van der Waals surface area contributed by atoms with Gasteiger partial charge in [-0.1, -0.05) is 11.8 Å². The molecule has 10 nitrogen and oxygen atoms in total. The fourth-order valence-electron chi connectivity index (χ4n) is 2.95. The molecule has 0 saturated heterocycles. The van der Waals surface area contributed by atoms with Crippen LogP contribution in [0.4, 0.5) is 5.69 Å². The number of nitrogens with zero attached hydrogens (tertiary/aromatic N) is 5. The number of fused-ring (bicyclic) bond motifs is 1. The van der Waals surface area contributed by atoms with Crippen molar-refractivity contribution in [2.45, 2.75) is 18.6 Å². The standard InChI is InChI=1S/C18H20N6O4S/c1-4-24-16(12-8-23(2)22-17(12)26-3)20-21-18(24)29-9-15(25)19-11-5-6-13-14(7-11)28-10-27-13/h5-8H,4,9-10H2,1-3H3,(H,19,25). The van der Waals surface area contributed by atoms with Gasteiger partial charge < -0.3 is 24.1 Å².